The Kier molecular flexibility index (Phi) is 7.21. The second kappa shape index (κ2) is 8.48. The molecule has 17 heavy (non-hydrogen) atoms. The Hall–Kier alpha value is -0.610. The highest BCUT2D eigenvalue weighted by atomic mass is 16.3. The number of hydrogen-bond acceptors (Lipinski definition) is 3. The molecule has 3 N–H and O–H groups in total. The molecule has 100 valence electrons. The van der Waals surface area contributed by atoms with E-state index in [-0.39, 0.29) is 18.6 Å². The van der Waals surface area contributed by atoms with Gasteiger partial charge in [-0.15, -0.1) is 0 Å². The molecule has 1 heterocycles. The van der Waals surface area contributed by atoms with E-state index in [1.807, 2.05) is 6.92 Å². The van der Waals surface area contributed by atoms with Crippen LogP contribution >= 0.6 is 0 Å². The minimum absolute atomic E-state index is 0.139. The van der Waals surface area contributed by atoms with E-state index in [0.29, 0.717) is 18.8 Å². The topological polar surface area (TPSA) is 61.4 Å². The van der Waals surface area contributed by atoms with Crippen LogP contribution in [0.5, 0.6) is 0 Å². The van der Waals surface area contributed by atoms with Crippen LogP contribution < -0.4 is 10.6 Å². The maximum atomic E-state index is 11.7. The van der Waals surface area contributed by atoms with Crippen LogP contribution in [0.15, 0.2) is 0 Å². The molecule has 0 aromatic heterocycles. The Morgan fingerprint density at radius 3 is 2.76 bits per heavy atom. The molecule has 1 rings (SSSR count). The fourth-order valence-corrected chi connectivity index (χ4v) is 2.34. The summed E-state index contributed by atoms with van der Waals surface area (Å²) in [7, 11) is 0. The van der Waals surface area contributed by atoms with Gasteiger partial charge in [-0.3, -0.25) is 4.79 Å². The molecule has 1 unspecified atom stereocenters. The average molecular weight is 242 g/mol. The third-order valence-corrected chi connectivity index (χ3v) is 3.57. The van der Waals surface area contributed by atoms with Gasteiger partial charge < -0.3 is 15.7 Å². The monoisotopic (exact) mass is 242 g/mol. The first-order chi connectivity index (χ1) is 8.26. The summed E-state index contributed by atoms with van der Waals surface area (Å²) in [4.78, 5) is 11.7. The molecule has 1 fully saturated rings. The second-order valence-electron chi connectivity index (χ2n) is 4.92. The van der Waals surface area contributed by atoms with Gasteiger partial charge in [0.05, 0.1) is 0 Å². The SMILES string of the molecule is CCC(CCO)NC(=O)CCC1CCNCC1. The van der Waals surface area contributed by atoms with Crippen molar-refractivity contribution in [1.29, 1.82) is 0 Å². The number of rotatable bonds is 7. The summed E-state index contributed by atoms with van der Waals surface area (Å²) in [6.07, 6.45) is 5.58. The Bertz CT molecular complexity index is 215. The summed E-state index contributed by atoms with van der Waals surface area (Å²) in [6, 6.07) is 0.139. The van der Waals surface area contributed by atoms with E-state index in [4.69, 9.17) is 5.11 Å². The van der Waals surface area contributed by atoms with Crippen molar-refractivity contribution in [2.75, 3.05) is 19.7 Å². The Labute approximate surface area is 104 Å². The first kappa shape index (κ1) is 14.5. The van der Waals surface area contributed by atoms with Gasteiger partial charge in [0.25, 0.3) is 0 Å². The predicted octanol–water partition coefficient (Wildman–Crippen LogP) is 1.04. The number of nitrogens with one attached hydrogen (secondary N) is 2. The van der Waals surface area contributed by atoms with Crippen LogP contribution in [0.1, 0.15) is 45.4 Å². The summed E-state index contributed by atoms with van der Waals surface area (Å²) in [6.45, 7) is 4.36. The largest absolute Gasteiger partial charge is 0.396 e. The third-order valence-electron chi connectivity index (χ3n) is 3.57. The molecule has 0 radical (unpaired) electrons. The molecule has 0 aromatic rings. The van der Waals surface area contributed by atoms with Crippen LogP contribution in [0.3, 0.4) is 0 Å². The summed E-state index contributed by atoms with van der Waals surface area (Å²) < 4.78 is 0. The lowest BCUT2D eigenvalue weighted by molar-refractivity contribution is -0.122. The molecule has 0 spiro atoms. The summed E-state index contributed by atoms with van der Waals surface area (Å²) in [5, 5.41) is 15.2. The van der Waals surface area contributed by atoms with Crippen molar-refractivity contribution in [3.05, 3.63) is 0 Å². The molecular weight excluding hydrogens is 216 g/mol. The fourth-order valence-electron chi connectivity index (χ4n) is 2.34. The van der Waals surface area contributed by atoms with Crippen molar-refractivity contribution in [1.82, 2.24) is 10.6 Å². The van der Waals surface area contributed by atoms with Gasteiger partial charge in [-0.05, 0) is 51.1 Å². The quantitative estimate of drug-likeness (QED) is 0.625. The second-order valence-corrected chi connectivity index (χ2v) is 4.92. The van der Waals surface area contributed by atoms with Crippen LogP contribution in [0.25, 0.3) is 0 Å². The Balaban J connectivity index is 2.14. The summed E-state index contributed by atoms with van der Waals surface area (Å²) >= 11 is 0. The van der Waals surface area contributed by atoms with Crippen molar-refractivity contribution in [2.45, 2.75) is 51.5 Å². The number of carbonyl (C=O) groups is 1. The highest BCUT2D eigenvalue weighted by molar-refractivity contribution is 5.76. The van der Waals surface area contributed by atoms with Crippen LogP contribution in [0, 0.1) is 5.92 Å². The Morgan fingerprint density at radius 1 is 1.47 bits per heavy atom. The minimum Gasteiger partial charge on any atom is -0.396 e. The van der Waals surface area contributed by atoms with Gasteiger partial charge in [0.15, 0.2) is 0 Å². The van der Waals surface area contributed by atoms with E-state index in [9.17, 15) is 4.79 Å². The molecule has 0 bridgehead atoms. The summed E-state index contributed by atoms with van der Waals surface area (Å²) in [5.74, 6) is 0.851. The van der Waals surface area contributed by atoms with Crippen molar-refractivity contribution in [3.8, 4) is 0 Å². The lowest BCUT2D eigenvalue weighted by Crippen LogP contribution is -2.35. The van der Waals surface area contributed by atoms with Crippen LogP contribution in [0.2, 0.25) is 0 Å². The molecule has 0 saturated carbocycles. The predicted molar refractivity (Wildman–Crippen MR) is 68.8 cm³/mol. The minimum atomic E-state index is 0.139. The number of carbonyl (C=O) groups excluding carboxylic acids is 1. The molecule has 1 aliphatic rings. The molecule has 0 aromatic carbocycles. The highest BCUT2D eigenvalue weighted by Gasteiger charge is 2.15. The van der Waals surface area contributed by atoms with Crippen LogP contribution in [-0.4, -0.2) is 36.8 Å². The smallest absolute Gasteiger partial charge is 0.220 e. The van der Waals surface area contributed by atoms with Gasteiger partial charge >= 0.3 is 0 Å². The third kappa shape index (κ3) is 6.03. The van der Waals surface area contributed by atoms with E-state index < -0.39 is 0 Å². The van der Waals surface area contributed by atoms with Gasteiger partial charge in [0.2, 0.25) is 5.91 Å². The molecule has 1 atom stereocenters. The van der Waals surface area contributed by atoms with E-state index in [1.165, 1.54) is 12.8 Å². The van der Waals surface area contributed by atoms with Crippen LogP contribution in [-0.2, 0) is 4.79 Å². The number of piperidine rings is 1. The van der Waals surface area contributed by atoms with Crippen molar-refractivity contribution in [3.63, 3.8) is 0 Å². The summed E-state index contributed by atoms with van der Waals surface area (Å²) in [5.41, 5.74) is 0. The molecule has 0 aliphatic carbocycles. The fraction of sp³-hybridized carbons (Fsp3) is 0.923. The van der Waals surface area contributed by atoms with Gasteiger partial charge in [-0.2, -0.15) is 0 Å². The maximum absolute atomic E-state index is 11.7. The zero-order valence-corrected chi connectivity index (χ0v) is 10.9. The van der Waals surface area contributed by atoms with E-state index in [2.05, 4.69) is 10.6 Å². The standard InChI is InChI=1S/C13H26N2O2/c1-2-12(7-10-16)15-13(17)4-3-11-5-8-14-9-6-11/h11-12,14,16H,2-10H2,1H3,(H,15,17). The molecule has 1 aliphatic heterocycles. The van der Waals surface area contributed by atoms with Gasteiger partial charge in [0, 0.05) is 19.1 Å². The Morgan fingerprint density at radius 2 is 2.18 bits per heavy atom. The lowest BCUT2D eigenvalue weighted by atomic mass is 9.93. The number of amides is 1. The zero-order valence-electron chi connectivity index (χ0n) is 10.9. The van der Waals surface area contributed by atoms with Crippen molar-refractivity contribution >= 4 is 5.91 Å². The van der Waals surface area contributed by atoms with E-state index in [1.54, 1.807) is 0 Å². The maximum Gasteiger partial charge on any atom is 0.220 e. The first-order valence-corrected chi connectivity index (χ1v) is 6.87. The number of aliphatic hydroxyl groups excluding tert-OH is 1. The number of hydrogen-bond donors (Lipinski definition) is 3. The van der Waals surface area contributed by atoms with Gasteiger partial charge in [-0.25, -0.2) is 0 Å². The highest BCUT2D eigenvalue weighted by Crippen LogP contribution is 2.17. The van der Waals surface area contributed by atoms with E-state index >= 15 is 0 Å². The zero-order chi connectivity index (χ0) is 12.5. The lowest BCUT2D eigenvalue weighted by Gasteiger charge is -2.22. The molecule has 1 amide bonds. The van der Waals surface area contributed by atoms with Crippen LogP contribution in [0.4, 0.5) is 0 Å². The van der Waals surface area contributed by atoms with Crippen molar-refractivity contribution in [2.24, 2.45) is 5.92 Å². The molecule has 4 nitrogen and oxygen atoms in total. The molecule has 4 heteroatoms. The normalized spacial score (nSPS) is 18.9. The first-order valence-electron chi connectivity index (χ1n) is 6.87. The van der Waals surface area contributed by atoms with Crippen molar-refractivity contribution < 1.29 is 9.90 Å². The molecule has 1 saturated heterocycles. The van der Waals surface area contributed by atoms with E-state index in [0.717, 1.165) is 25.9 Å². The van der Waals surface area contributed by atoms with Gasteiger partial charge in [-0.1, -0.05) is 6.92 Å². The van der Waals surface area contributed by atoms with Gasteiger partial charge in [0.1, 0.15) is 0 Å². The number of aliphatic hydroxyl groups is 1. The average Bonchev–Trinajstić information content (AvgIpc) is 2.37. The molecular formula is C13H26N2O2.